The van der Waals surface area contributed by atoms with Crippen LogP contribution in [-0.2, 0) is 0 Å². The Bertz CT molecular complexity index is 913. The molecule has 2 aromatic carbocycles. The van der Waals surface area contributed by atoms with Gasteiger partial charge in [0.2, 0.25) is 5.91 Å². The zero-order valence-corrected chi connectivity index (χ0v) is 13.3. The Hall–Kier alpha value is -3.41. The summed E-state index contributed by atoms with van der Waals surface area (Å²) >= 11 is 0. The third kappa shape index (κ3) is 2.67. The van der Waals surface area contributed by atoms with Crippen molar-refractivity contribution in [3.63, 3.8) is 0 Å². The number of rotatable bonds is 3. The standard InChI is InChI=1S/C19H15FN4O/c20-15-5-1-13(2-6-15)17-9-11-22-18-10-12-23(24(17)18)16-7-3-14(4-8-16)19(21)25/h1-11H,12H2,(H2,21,25). The topological polar surface area (TPSA) is 61.9 Å². The molecule has 0 aliphatic carbocycles. The third-order valence-electron chi connectivity index (χ3n) is 4.16. The van der Waals surface area contributed by atoms with Crippen molar-refractivity contribution in [2.45, 2.75) is 0 Å². The molecule has 2 N–H and O–H groups in total. The van der Waals surface area contributed by atoms with Crippen molar-refractivity contribution in [1.29, 1.82) is 0 Å². The fourth-order valence-corrected chi connectivity index (χ4v) is 2.93. The lowest BCUT2D eigenvalue weighted by Gasteiger charge is -2.35. The minimum Gasteiger partial charge on any atom is -0.366 e. The summed E-state index contributed by atoms with van der Waals surface area (Å²) in [6.07, 6.45) is 5.64. The maximum absolute atomic E-state index is 13.2. The molecule has 0 saturated carbocycles. The third-order valence-corrected chi connectivity index (χ3v) is 4.16. The van der Waals surface area contributed by atoms with Crippen LogP contribution in [-0.4, -0.2) is 23.7 Å². The largest absolute Gasteiger partial charge is 0.366 e. The van der Waals surface area contributed by atoms with Gasteiger partial charge in [0.05, 0.1) is 17.9 Å². The monoisotopic (exact) mass is 334 g/mol. The highest BCUT2D eigenvalue weighted by molar-refractivity contribution is 5.93. The molecule has 0 saturated heterocycles. The molecule has 2 heterocycles. The smallest absolute Gasteiger partial charge is 0.248 e. The summed E-state index contributed by atoms with van der Waals surface area (Å²) in [6.45, 7) is 0.640. The quantitative estimate of drug-likeness (QED) is 0.939. The van der Waals surface area contributed by atoms with E-state index in [4.69, 9.17) is 5.73 Å². The molecule has 0 radical (unpaired) electrons. The van der Waals surface area contributed by atoms with E-state index in [2.05, 4.69) is 4.99 Å². The SMILES string of the molecule is NC(=O)c1ccc(N2CC=C3N=CC=C(c4ccc(F)cc4)N32)cc1. The molecule has 2 aliphatic heterocycles. The number of allylic oxidation sites excluding steroid dienone is 1. The van der Waals surface area contributed by atoms with E-state index in [9.17, 15) is 9.18 Å². The van der Waals surface area contributed by atoms with Crippen molar-refractivity contribution >= 4 is 23.5 Å². The van der Waals surface area contributed by atoms with E-state index >= 15 is 0 Å². The number of aliphatic imine (C=N–C) groups is 1. The van der Waals surface area contributed by atoms with Gasteiger partial charge in [-0.15, -0.1) is 0 Å². The second kappa shape index (κ2) is 5.90. The van der Waals surface area contributed by atoms with Crippen LogP contribution in [0.15, 0.2) is 71.5 Å². The molecular formula is C19H15FN4O. The first-order valence-corrected chi connectivity index (χ1v) is 7.81. The molecule has 0 bridgehead atoms. The van der Waals surface area contributed by atoms with E-state index in [1.54, 1.807) is 30.5 Å². The molecule has 0 spiro atoms. The Morgan fingerprint density at radius 2 is 1.80 bits per heavy atom. The molecule has 0 fully saturated rings. The van der Waals surface area contributed by atoms with E-state index < -0.39 is 5.91 Å². The first kappa shape index (κ1) is 15.1. The van der Waals surface area contributed by atoms with Crippen molar-refractivity contribution in [3.05, 3.63) is 83.4 Å². The number of carbonyl (C=O) groups excluding carboxylic acids is 1. The molecule has 4 rings (SSSR count). The summed E-state index contributed by atoms with van der Waals surface area (Å²) in [5.41, 5.74) is 8.45. The van der Waals surface area contributed by atoms with Crippen LogP contribution in [0.5, 0.6) is 0 Å². The van der Waals surface area contributed by atoms with Crippen molar-refractivity contribution in [2.75, 3.05) is 11.6 Å². The maximum atomic E-state index is 13.2. The number of hydrazine groups is 1. The predicted molar refractivity (Wildman–Crippen MR) is 95.1 cm³/mol. The maximum Gasteiger partial charge on any atom is 0.248 e. The van der Waals surface area contributed by atoms with Crippen LogP contribution in [0, 0.1) is 5.82 Å². The van der Waals surface area contributed by atoms with Gasteiger partial charge in [0.25, 0.3) is 0 Å². The van der Waals surface area contributed by atoms with E-state index in [0.29, 0.717) is 12.1 Å². The number of nitrogens with two attached hydrogens (primary N) is 1. The van der Waals surface area contributed by atoms with Gasteiger partial charge in [-0.25, -0.2) is 14.4 Å². The average molecular weight is 334 g/mol. The predicted octanol–water partition coefficient (Wildman–Crippen LogP) is 2.93. The summed E-state index contributed by atoms with van der Waals surface area (Å²) in [7, 11) is 0. The van der Waals surface area contributed by atoms with Gasteiger partial charge in [-0.05, 0) is 60.7 Å². The lowest BCUT2D eigenvalue weighted by atomic mass is 10.1. The number of carbonyl (C=O) groups is 1. The summed E-state index contributed by atoms with van der Waals surface area (Å²) < 4.78 is 13.2. The lowest BCUT2D eigenvalue weighted by Crippen LogP contribution is -2.37. The fourth-order valence-electron chi connectivity index (χ4n) is 2.93. The number of halogens is 1. The van der Waals surface area contributed by atoms with Crippen molar-refractivity contribution in [3.8, 4) is 0 Å². The van der Waals surface area contributed by atoms with Crippen LogP contribution < -0.4 is 10.7 Å². The Morgan fingerprint density at radius 1 is 1.08 bits per heavy atom. The first-order chi connectivity index (χ1) is 12.1. The zero-order valence-electron chi connectivity index (χ0n) is 13.3. The number of amides is 1. The minimum atomic E-state index is -0.457. The van der Waals surface area contributed by atoms with Crippen molar-refractivity contribution in [1.82, 2.24) is 5.01 Å². The van der Waals surface area contributed by atoms with Crippen LogP contribution in [0.4, 0.5) is 10.1 Å². The van der Waals surface area contributed by atoms with Gasteiger partial charge >= 0.3 is 0 Å². The van der Waals surface area contributed by atoms with Crippen LogP contribution in [0.3, 0.4) is 0 Å². The summed E-state index contributed by atoms with van der Waals surface area (Å²) in [6, 6.07) is 13.4. The van der Waals surface area contributed by atoms with Gasteiger partial charge in [0.1, 0.15) is 11.6 Å². The number of primary amides is 1. The number of hydrogen-bond donors (Lipinski definition) is 1. The number of benzene rings is 2. The molecule has 25 heavy (non-hydrogen) atoms. The Kier molecular flexibility index (Phi) is 3.57. The number of anilines is 1. The minimum absolute atomic E-state index is 0.273. The molecule has 0 atom stereocenters. The van der Waals surface area contributed by atoms with Gasteiger partial charge in [0, 0.05) is 17.3 Å². The highest BCUT2D eigenvalue weighted by Gasteiger charge is 2.29. The Balaban J connectivity index is 1.70. The molecule has 0 aromatic heterocycles. The van der Waals surface area contributed by atoms with E-state index in [0.717, 1.165) is 22.8 Å². The molecule has 6 heteroatoms. The van der Waals surface area contributed by atoms with E-state index in [1.165, 1.54) is 12.1 Å². The van der Waals surface area contributed by atoms with Crippen molar-refractivity contribution in [2.24, 2.45) is 10.7 Å². The average Bonchev–Trinajstić information content (AvgIpc) is 3.07. The lowest BCUT2D eigenvalue weighted by molar-refractivity contribution is 0.100. The van der Waals surface area contributed by atoms with Gasteiger partial charge in [0.15, 0.2) is 0 Å². The van der Waals surface area contributed by atoms with Crippen LogP contribution >= 0.6 is 0 Å². The van der Waals surface area contributed by atoms with Crippen LogP contribution in [0.1, 0.15) is 15.9 Å². The van der Waals surface area contributed by atoms with Crippen LogP contribution in [0.2, 0.25) is 0 Å². The van der Waals surface area contributed by atoms with E-state index in [-0.39, 0.29) is 5.82 Å². The van der Waals surface area contributed by atoms with E-state index in [1.807, 2.05) is 34.3 Å². The summed E-state index contributed by atoms with van der Waals surface area (Å²) in [5.74, 6) is 0.0759. The fraction of sp³-hybridized carbons (Fsp3) is 0.0526. The second-order valence-corrected chi connectivity index (χ2v) is 5.70. The normalized spacial score (nSPS) is 15.7. The zero-order chi connectivity index (χ0) is 17.4. The number of hydrogen-bond acceptors (Lipinski definition) is 4. The first-order valence-electron chi connectivity index (χ1n) is 7.81. The molecule has 1 amide bonds. The Morgan fingerprint density at radius 3 is 2.48 bits per heavy atom. The molecule has 2 aromatic rings. The summed E-state index contributed by atoms with van der Waals surface area (Å²) in [4.78, 5) is 15.7. The number of fused-ring (bicyclic) bond motifs is 1. The highest BCUT2D eigenvalue weighted by atomic mass is 19.1. The molecule has 124 valence electrons. The van der Waals surface area contributed by atoms with Gasteiger partial charge in [-0.2, -0.15) is 0 Å². The van der Waals surface area contributed by atoms with Gasteiger partial charge < -0.3 is 5.73 Å². The van der Waals surface area contributed by atoms with Gasteiger partial charge in [-0.3, -0.25) is 9.80 Å². The molecular weight excluding hydrogens is 319 g/mol. The van der Waals surface area contributed by atoms with Gasteiger partial charge in [-0.1, -0.05) is 0 Å². The highest BCUT2D eigenvalue weighted by Crippen LogP contribution is 2.35. The second-order valence-electron chi connectivity index (χ2n) is 5.70. The number of nitrogens with zero attached hydrogens (tertiary/aromatic N) is 3. The molecule has 2 aliphatic rings. The molecule has 0 unspecified atom stereocenters. The van der Waals surface area contributed by atoms with Crippen molar-refractivity contribution < 1.29 is 9.18 Å². The molecule has 5 nitrogen and oxygen atoms in total. The van der Waals surface area contributed by atoms with Crippen LogP contribution in [0.25, 0.3) is 5.70 Å². The Labute approximate surface area is 144 Å². The summed E-state index contributed by atoms with van der Waals surface area (Å²) in [5, 5.41) is 4.01.